The normalized spacial score (nSPS) is 12.7. The molecule has 0 aliphatic carbocycles. The maximum atomic E-state index is 12.6. The van der Waals surface area contributed by atoms with Crippen LogP contribution in [-0.2, 0) is 27.1 Å². The molecule has 1 aliphatic heterocycles. The minimum absolute atomic E-state index is 0.0867. The number of aromatic nitrogens is 2. The van der Waals surface area contributed by atoms with Crippen LogP contribution in [0, 0.1) is 6.92 Å². The van der Waals surface area contributed by atoms with Gasteiger partial charge in [0.1, 0.15) is 11.4 Å². The molecule has 0 N–H and O–H groups in total. The van der Waals surface area contributed by atoms with Gasteiger partial charge in [-0.1, -0.05) is 37.8 Å². The lowest BCUT2D eigenvalue weighted by Gasteiger charge is -2.31. The molecule has 1 aliphatic rings. The molecule has 2 aromatic heterocycles. The van der Waals surface area contributed by atoms with Crippen molar-refractivity contribution < 1.29 is 19.1 Å². The molecule has 2 aromatic rings. The number of anilines is 1. The summed E-state index contributed by atoms with van der Waals surface area (Å²) in [7, 11) is 0. The van der Waals surface area contributed by atoms with Gasteiger partial charge in [0.15, 0.2) is 0 Å². The van der Waals surface area contributed by atoms with Gasteiger partial charge in [0.05, 0.1) is 6.61 Å². The molecule has 0 saturated carbocycles. The lowest BCUT2D eigenvalue weighted by molar-refractivity contribution is -0.143. The predicted molar refractivity (Wildman–Crippen MR) is 148 cm³/mol. The molecule has 0 spiro atoms. The smallest absolute Gasteiger partial charge is 0.416 e. The number of ether oxygens (including phenoxy) is 2. The quantitative estimate of drug-likeness (QED) is 0.252. The highest BCUT2D eigenvalue weighted by Gasteiger charge is 2.28. The van der Waals surface area contributed by atoms with E-state index in [1.807, 2.05) is 52.8 Å². The summed E-state index contributed by atoms with van der Waals surface area (Å²) in [6.45, 7) is 10.6. The molecular weight excluding hydrogens is 466 g/mol. The summed E-state index contributed by atoms with van der Waals surface area (Å²) in [5.74, 6) is 0.684. The highest BCUT2D eigenvalue weighted by molar-refractivity contribution is 5.88. The summed E-state index contributed by atoms with van der Waals surface area (Å²) in [5, 5.41) is 0. The number of carbonyl (C=O) groups is 2. The molecule has 3 rings (SSSR count). The van der Waals surface area contributed by atoms with Crippen molar-refractivity contribution in [2.45, 2.75) is 104 Å². The first-order chi connectivity index (χ1) is 17.7. The number of amides is 1. The number of hydrogen-bond donors (Lipinski definition) is 0. The van der Waals surface area contributed by atoms with Gasteiger partial charge in [-0.3, -0.25) is 14.7 Å². The summed E-state index contributed by atoms with van der Waals surface area (Å²) < 4.78 is 10.5. The van der Waals surface area contributed by atoms with Crippen LogP contribution in [0.4, 0.5) is 10.6 Å². The Kier molecular flexibility index (Phi) is 13.1. The average molecular weight is 512 g/mol. The fourth-order valence-corrected chi connectivity index (χ4v) is 4.08. The van der Waals surface area contributed by atoms with E-state index in [1.54, 1.807) is 11.1 Å². The van der Waals surface area contributed by atoms with Crippen molar-refractivity contribution in [3.63, 3.8) is 0 Å². The number of nitrogens with zero attached hydrogens (tertiary/aromatic N) is 3. The Morgan fingerprint density at radius 3 is 2.35 bits per heavy atom. The number of esters is 1. The van der Waals surface area contributed by atoms with Gasteiger partial charge in [0, 0.05) is 30.6 Å². The third kappa shape index (κ3) is 12.2. The molecule has 1 amide bonds. The molecule has 0 unspecified atom stereocenters. The van der Waals surface area contributed by atoms with Crippen LogP contribution in [-0.4, -0.2) is 40.8 Å². The third-order valence-corrected chi connectivity index (χ3v) is 5.89. The number of rotatable bonds is 10. The van der Waals surface area contributed by atoms with Gasteiger partial charge in [0.25, 0.3) is 0 Å². The largest absolute Gasteiger partial charge is 0.466 e. The summed E-state index contributed by atoms with van der Waals surface area (Å²) in [4.78, 5) is 34.4. The number of carbonyl (C=O) groups excluding carboxylic acids is 2. The zero-order valence-corrected chi connectivity index (χ0v) is 23.4. The molecule has 0 fully saturated rings. The minimum Gasteiger partial charge on any atom is -0.466 e. The molecule has 0 bridgehead atoms. The summed E-state index contributed by atoms with van der Waals surface area (Å²) in [6, 6.07) is 10.1. The Morgan fingerprint density at radius 2 is 1.73 bits per heavy atom. The second kappa shape index (κ2) is 16.0. The Bertz CT molecular complexity index is 957. The summed E-state index contributed by atoms with van der Waals surface area (Å²) >= 11 is 0. The summed E-state index contributed by atoms with van der Waals surface area (Å²) in [6.07, 6.45) is 11.3. The van der Waals surface area contributed by atoms with Gasteiger partial charge in [0.2, 0.25) is 0 Å². The van der Waals surface area contributed by atoms with Crippen LogP contribution in [0.1, 0.15) is 96.0 Å². The Hall–Kier alpha value is -2.96. The molecule has 3 heterocycles. The topological polar surface area (TPSA) is 81.6 Å². The first-order valence-corrected chi connectivity index (χ1v) is 13.7. The van der Waals surface area contributed by atoms with E-state index in [9.17, 15) is 9.59 Å². The standard InChI is InChI=1S/C24H38N2O4.C6H7N/c1-5-29-21(27)15-11-9-7-6-8-10-14-20-17-16-19-13-12-18-26(22(19)25-20)23(28)30-24(2,3)4;1-6-4-2-3-5-7-6/h16-17H,5-15,18H2,1-4H3;2-5H,1H3. The number of fused-ring (bicyclic) bond motifs is 1. The Balaban J connectivity index is 0.000000591. The number of hydrogen-bond acceptors (Lipinski definition) is 6. The first-order valence-electron chi connectivity index (χ1n) is 13.7. The SMILES string of the molecule is CCOC(=O)CCCCCCCCc1ccc2c(n1)N(C(=O)OC(C)(C)C)CCC2.Cc1ccccn1. The molecule has 7 nitrogen and oxygen atoms in total. The van der Waals surface area contributed by atoms with Crippen molar-refractivity contribution in [1.82, 2.24) is 9.97 Å². The van der Waals surface area contributed by atoms with E-state index in [0.717, 1.165) is 80.6 Å². The first kappa shape index (κ1) is 30.3. The molecule has 0 atom stereocenters. The second-order valence-corrected chi connectivity index (χ2v) is 10.4. The van der Waals surface area contributed by atoms with Gasteiger partial charge in [-0.2, -0.15) is 0 Å². The van der Waals surface area contributed by atoms with Crippen LogP contribution in [0.25, 0.3) is 0 Å². The third-order valence-electron chi connectivity index (χ3n) is 5.89. The monoisotopic (exact) mass is 511 g/mol. The van der Waals surface area contributed by atoms with Crippen molar-refractivity contribution >= 4 is 17.9 Å². The maximum Gasteiger partial charge on any atom is 0.416 e. The Labute approximate surface area is 223 Å². The van der Waals surface area contributed by atoms with E-state index in [4.69, 9.17) is 14.5 Å². The van der Waals surface area contributed by atoms with E-state index in [1.165, 1.54) is 0 Å². The number of aryl methyl sites for hydroxylation is 3. The van der Waals surface area contributed by atoms with Crippen molar-refractivity contribution in [2.75, 3.05) is 18.1 Å². The molecular formula is C30H45N3O4. The van der Waals surface area contributed by atoms with E-state index in [2.05, 4.69) is 17.1 Å². The van der Waals surface area contributed by atoms with Crippen LogP contribution >= 0.6 is 0 Å². The van der Waals surface area contributed by atoms with Crippen molar-refractivity contribution in [3.8, 4) is 0 Å². The molecule has 0 radical (unpaired) electrons. The van der Waals surface area contributed by atoms with E-state index >= 15 is 0 Å². The zero-order valence-electron chi connectivity index (χ0n) is 23.4. The van der Waals surface area contributed by atoms with Crippen LogP contribution in [0.15, 0.2) is 36.5 Å². The predicted octanol–water partition coefficient (Wildman–Crippen LogP) is 7.00. The zero-order chi connectivity index (χ0) is 27.1. The maximum absolute atomic E-state index is 12.6. The van der Waals surface area contributed by atoms with Crippen LogP contribution in [0.5, 0.6) is 0 Å². The molecule has 204 valence electrons. The second-order valence-electron chi connectivity index (χ2n) is 10.4. The van der Waals surface area contributed by atoms with E-state index in [-0.39, 0.29) is 12.1 Å². The minimum atomic E-state index is -0.511. The van der Waals surface area contributed by atoms with Gasteiger partial charge < -0.3 is 9.47 Å². The Morgan fingerprint density at radius 1 is 1.00 bits per heavy atom. The molecule has 0 saturated heterocycles. The van der Waals surface area contributed by atoms with E-state index in [0.29, 0.717) is 19.6 Å². The van der Waals surface area contributed by atoms with Crippen LogP contribution in [0.3, 0.4) is 0 Å². The lowest BCUT2D eigenvalue weighted by Crippen LogP contribution is -2.40. The van der Waals surface area contributed by atoms with Crippen molar-refractivity contribution in [1.29, 1.82) is 0 Å². The summed E-state index contributed by atoms with van der Waals surface area (Å²) in [5.41, 5.74) is 2.72. The van der Waals surface area contributed by atoms with Crippen LogP contribution in [0.2, 0.25) is 0 Å². The van der Waals surface area contributed by atoms with Crippen LogP contribution < -0.4 is 4.90 Å². The fraction of sp³-hybridized carbons (Fsp3) is 0.600. The molecule has 7 heteroatoms. The van der Waals surface area contributed by atoms with Gasteiger partial charge in [-0.05, 0) is 90.5 Å². The highest BCUT2D eigenvalue weighted by Crippen LogP contribution is 2.27. The van der Waals surface area contributed by atoms with Gasteiger partial charge in [-0.15, -0.1) is 0 Å². The highest BCUT2D eigenvalue weighted by atomic mass is 16.6. The average Bonchev–Trinajstić information content (AvgIpc) is 2.85. The van der Waals surface area contributed by atoms with Crippen molar-refractivity contribution in [2.24, 2.45) is 0 Å². The van der Waals surface area contributed by atoms with E-state index < -0.39 is 5.60 Å². The molecule has 37 heavy (non-hydrogen) atoms. The van der Waals surface area contributed by atoms with Gasteiger partial charge >= 0.3 is 12.1 Å². The number of unbranched alkanes of at least 4 members (excludes halogenated alkanes) is 5. The number of pyridine rings is 2. The van der Waals surface area contributed by atoms with Gasteiger partial charge in [-0.25, -0.2) is 9.78 Å². The molecule has 0 aromatic carbocycles. The lowest BCUT2D eigenvalue weighted by atomic mass is 10.0. The van der Waals surface area contributed by atoms with Crippen molar-refractivity contribution in [3.05, 3.63) is 53.5 Å². The fourth-order valence-electron chi connectivity index (χ4n) is 4.08.